The second-order valence-corrected chi connectivity index (χ2v) is 24.9. The molecule has 2 aliphatic heterocycles. The minimum absolute atomic E-state index is 0.0374. The molecule has 354 valence electrons. The summed E-state index contributed by atoms with van der Waals surface area (Å²) in [5.41, 5.74) is 0.789. The number of benzene rings is 3. The number of methoxy groups -OCH3 is 1. The third-order valence-electron chi connectivity index (χ3n) is 11.6. The van der Waals surface area contributed by atoms with Gasteiger partial charge in [-0.05, 0) is 91.5 Å². The van der Waals surface area contributed by atoms with Crippen LogP contribution in [-0.4, -0.2) is 111 Å². The Morgan fingerprint density at radius 1 is 0.906 bits per heavy atom. The lowest BCUT2D eigenvalue weighted by molar-refractivity contribution is -0.145. The average Bonchev–Trinajstić information content (AvgIpc) is 3.92. The summed E-state index contributed by atoms with van der Waals surface area (Å²) in [7, 11) is -9.02. The van der Waals surface area contributed by atoms with Gasteiger partial charge >= 0.3 is 19.7 Å². The largest absolute Gasteiger partial charge is 0.497 e. The van der Waals surface area contributed by atoms with Gasteiger partial charge in [0, 0.05) is 26.2 Å². The zero-order valence-electron chi connectivity index (χ0n) is 38.1. The molecule has 0 radical (unpaired) electrons. The number of hydrogen-bond acceptors (Lipinski definition) is 14. The topological polar surface area (TPSA) is 186 Å². The molecule has 0 aromatic heterocycles. The molecular weight excluding hydrogens is 882 g/mol. The van der Waals surface area contributed by atoms with Crippen LogP contribution in [0.3, 0.4) is 0 Å². The Balaban J connectivity index is 1.43. The third-order valence-corrected chi connectivity index (χ3v) is 19.9. The number of nitrogens with zero attached hydrogens (tertiary/aromatic N) is 1. The van der Waals surface area contributed by atoms with Crippen LogP contribution in [0, 0.1) is 11.8 Å². The van der Waals surface area contributed by atoms with E-state index in [9.17, 15) is 22.6 Å². The highest BCUT2D eigenvalue weighted by Gasteiger charge is 2.45. The molecule has 1 unspecified atom stereocenters. The predicted molar refractivity (Wildman–Crippen MR) is 245 cm³/mol. The van der Waals surface area contributed by atoms with Crippen molar-refractivity contribution in [3.05, 3.63) is 84.4 Å². The fraction of sp³-hybridized carbons (Fsp3) is 0.556. The molecule has 2 N–H and O–H groups in total. The second-order valence-electron chi connectivity index (χ2n) is 16.3. The Kier molecular flexibility index (Phi) is 19.2. The van der Waals surface area contributed by atoms with E-state index >= 15 is 0 Å². The Hall–Kier alpha value is -3.84. The van der Waals surface area contributed by atoms with Crippen LogP contribution in [0.15, 0.2) is 83.8 Å². The van der Waals surface area contributed by atoms with Crippen molar-refractivity contribution < 1.29 is 59.7 Å². The van der Waals surface area contributed by atoms with Crippen LogP contribution >= 0.6 is 7.60 Å². The lowest BCUT2D eigenvalue weighted by atomic mass is 10.0. The fourth-order valence-corrected chi connectivity index (χ4v) is 13.8. The number of alkyl carbamates (subject to hydrolysis) is 1. The van der Waals surface area contributed by atoms with Crippen molar-refractivity contribution in [2.24, 2.45) is 11.8 Å². The number of esters is 1. The van der Waals surface area contributed by atoms with Crippen LogP contribution < -0.4 is 25.2 Å². The third kappa shape index (κ3) is 13.8. The summed E-state index contributed by atoms with van der Waals surface area (Å²) in [5, 5.41) is 6.77. The molecule has 3 aromatic rings. The average molecular weight is 948 g/mol. The number of amides is 1. The number of carbonyl (C=O) groups is 2. The first-order valence-electron chi connectivity index (χ1n) is 22.1. The lowest BCUT2D eigenvalue weighted by Crippen LogP contribution is -2.58. The van der Waals surface area contributed by atoms with Crippen LogP contribution in [0.5, 0.6) is 11.5 Å². The highest BCUT2D eigenvalue weighted by Crippen LogP contribution is 2.47. The van der Waals surface area contributed by atoms with E-state index in [-0.39, 0.29) is 54.9 Å². The first-order valence-corrected chi connectivity index (χ1v) is 27.7. The Morgan fingerprint density at radius 2 is 1.59 bits per heavy atom. The Labute approximate surface area is 379 Å². The molecule has 3 aromatic carbocycles. The van der Waals surface area contributed by atoms with E-state index in [1.807, 2.05) is 13.8 Å². The minimum atomic E-state index is -4.05. The quantitative estimate of drug-likeness (QED) is 0.0483. The number of nitrogens with one attached hydrogen (secondary N) is 2. The monoisotopic (exact) mass is 947 g/mol. The molecule has 64 heavy (non-hydrogen) atoms. The highest BCUT2D eigenvalue weighted by molar-refractivity contribution is 7.89. The van der Waals surface area contributed by atoms with Crippen molar-refractivity contribution in [3.8, 4) is 11.5 Å². The summed E-state index contributed by atoms with van der Waals surface area (Å²) < 4.78 is 91.0. The minimum Gasteiger partial charge on any atom is -0.497 e. The van der Waals surface area contributed by atoms with Crippen LogP contribution in [0.4, 0.5) is 4.79 Å². The molecule has 6 atom stereocenters. The zero-order chi connectivity index (χ0) is 46.3. The van der Waals surface area contributed by atoms with E-state index in [1.165, 1.54) is 23.5 Å². The van der Waals surface area contributed by atoms with Crippen LogP contribution in [0.1, 0.15) is 53.5 Å². The summed E-state index contributed by atoms with van der Waals surface area (Å²) in [4.78, 5) is 26.2. The highest BCUT2D eigenvalue weighted by atomic mass is 32.2. The summed E-state index contributed by atoms with van der Waals surface area (Å²) in [5.74, 6) is 0.0347. The molecule has 1 amide bonds. The normalized spacial score (nSPS) is 19.4. The van der Waals surface area contributed by atoms with E-state index in [0.29, 0.717) is 31.1 Å². The van der Waals surface area contributed by atoms with Gasteiger partial charge in [-0.3, -0.25) is 4.52 Å². The summed E-state index contributed by atoms with van der Waals surface area (Å²) in [6.07, 6.45) is -1.69. The summed E-state index contributed by atoms with van der Waals surface area (Å²) >= 11 is 0. The number of fused-ring (bicyclic) bond motifs is 1. The van der Waals surface area contributed by atoms with Gasteiger partial charge in [0.2, 0.25) is 10.0 Å². The van der Waals surface area contributed by atoms with Crippen molar-refractivity contribution in [1.29, 1.82) is 0 Å². The number of para-hydroxylation sites is 1. The number of ether oxygens (including phenoxy) is 5. The molecule has 16 nitrogen and oxygen atoms in total. The first-order chi connectivity index (χ1) is 30.7. The van der Waals surface area contributed by atoms with Crippen LogP contribution in [0.2, 0.25) is 18.1 Å². The molecular formula is C45H66N3O13PSSi. The lowest BCUT2D eigenvalue weighted by Gasteiger charge is -2.39. The van der Waals surface area contributed by atoms with E-state index < -0.39 is 69.1 Å². The standard InChI is InChI=1S/C45H66N3O13PSSi/c1-8-55-43(49)32-58-62(51,60-36-15-13-12-14-16-36)37-21-17-34(18-22-37)27-46-28-40(47-45(50)59-42-31-57-44-39(42)25-26-56-44)41(61-64(9-2,10-3)11-4)30-48(29-33(5)6)63(52,53)38-23-19-35(54-7)20-24-38/h12-24,33,39-42,44,46H,8-11,25-32H2,1-7H3,(H,47,50)/t39-,40-,41+,42-,44+,62?/m0/s1. The number of sulfonamides is 1. The fourth-order valence-electron chi connectivity index (χ4n) is 7.77. The van der Waals surface area contributed by atoms with Crippen molar-refractivity contribution in [1.82, 2.24) is 14.9 Å². The number of carbonyl (C=O) groups excluding carboxylic acids is 2. The van der Waals surface area contributed by atoms with E-state index in [2.05, 4.69) is 31.4 Å². The maximum atomic E-state index is 14.5. The predicted octanol–water partition coefficient (Wildman–Crippen LogP) is 6.86. The maximum Gasteiger partial charge on any atom is 0.411 e. The van der Waals surface area contributed by atoms with Gasteiger partial charge in [0.15, 0.2) is 21.2 Å². The molecule has 2 saturated heterocycles. The molecule has 19 heteroatoms. The first kappa shape index (κ1) is 51.1. The molecule has 0 saturated carbocycles. The van der Waals surface area contributed by atoms with E-state index in [0.717, 1.165) is 23.7 Å². The number of rotatable bonds is 26. The van der Waals surface area contributed by atoms with E-state index in [4.69, 9.17) is 37.2 Å². The van der Waals surface area contributed by atoms with Crippen molar-refractivity contribution in [2.45, 2.75) is 102 Å². The van der Waals surface area contributed by atoms with Crippen molar-refractivity contribution in [2.75, 3.05) is 53.2 Å². The molecule has 2 fully saturated rings. The molecule has 2 heterocycles. The smallest absolute Gasteiger partial charge is 0.411 e. The zero-order valence-corrected chi connectivity index (χ0v) is 40.8. The molecule has 2 aliphatic rings. The van der Waals surface area contributed by atoms with Gasteiger partial charge in [-0.2, -0.15) is 4.31 Å². The Morgan fingerprint density at radius 3 is 2.22 bits per heavy atom. The van der Waals surface area contributed by atoms with Gasteiger partial charge in [-0.25, -0.2) is 22.6 Å². The molecule has 5 rings (SSSR count). The van der Waals surface area contributed by atoms with Gasteiger partial charge in [-0.1, -0.05) is 65.0 Å². The number of hydrogen-bond donors (Lipinski definition) is 2. The Bertz CT molecular complexity index is 2070. The molecule has 0 bridgehead atoms. The van der Waals surface area contributed by atoms with Gasteiger partial charge in [0.05, 0.1) is 55.2 Å². The van der Waals surface area contributed by atoms with E-state index in [1.54, 1.807) is 73.7 Å². The second kappa shape index (κ2) is 24.1. The molecule has 0 aliphatic carbocycles. The molecule has 0 spiro atoms. The SMILES string of the molecule is CCOC(=O)COP(=O)(Oc1ccccc1)c1ccc(CNC[C@H](NC(=O)O[C@H]2CO[C@H]3OCC[C@H]32)[C@@H](CN(CC(C)C)S(=O)(=O)c2ccc(OC)cc2)O[Si](CC)(CC)CC)cc1. The summed E-state index contributed by atoms with van der Waals surface area (Å²) in [6.45, 7) is 12.8. The van der Waals surface area contributed by atoms with Gasteiger partial charge in [0.1, 0.15) is 17.6 Å². The van der Waals surface area contributed by atoms with Crippen molar-refractivity contribution in [3.63, 3.8) is 0 Å². The van der Waals surface area contributed by atoms with Gasteiger partial charge in [-0.15, -0.1) is 0 Å². The maximum absolute atomic E-state index is 14.5. The van der Waals surface area contributed by atoms with Crippen LogP contribution in [-0.2, 0) is 53.8 Å². The summed E-state index contributed by atoms with van der Waals surface area (Å²) in [6, 6.07) is 23.2. The van der Waals surface area contributed by atoms with Crippen LogP contribution in [0.25, 0.3) is 0 Å². The van der Waals surface area contributed by atoms with Gasteiger partial charge in [0.25, 0.3) is 0 Å². The van der Waals surface area contributed by atoms with Gasteiger partial charge < -0.3 is 43.3 Å². The van der Waals surface area contributed by atoms with Crippen molar-refractivity contribution >= 4 is 43.3 Å².